The number of nitrogens with zero attached hydrogens (tertiary/aromatic N) is 1. The van der Waals surface area contributed by atoms with Crippen LogP contribution in [0.25, 0.3) is 0 Å². The Morgan fingerprint density at radius 1 is 1.25 bits per heavy atom. The molecule has 4 unspecified atom stereocenters. The minimum absolute atomic E-state index is 0.00261. The molecule has 0 heterocycles. The molecule has 24 heavy (non-hydrogen) atoms. The van der Waals surface area contributed by atoms with Crippen LogP contribution in [0.5, 0.6) is 0 Å². The van der Waals surface area contributed by atoms with Gasteiger partial charge >= 0.3 is 6.18 Å². The molecule has 0 aromatic heterocycles. The number of rotatable bonds is 4. The van der Waals surface area contributed by atoms with Gasteiger partial charge in [0.1, 0.15) is 0 Å². The summed E-state index contributed by atoms with van der Waals surface area (Å²) < 4.78 is 38.0. The third-order valence-electron chi connectivity index (χ3n) is 5.41. The molecule has 0 saturated heterocycles. The molecule has 1 aromatic rings. The number of nitrogens with one attached hydrogen (secondary N) is 1. The Morgan fingerprint density at radius 2 is 2.00 bits per heavy atom. The van der Waals surface area contributed by atoms with Crippen LogP contribution in [0.3, 0.4) is 0 Å². The fraction of sp³-hybridized carbons (Fsp3) is 0.632. The second-order valence-electron chi connectivity index (χ2n) is 7.18. The summed E-state index contributed by atoms with van der Waals surface area (Å²) in [5.74, 6) is 0.614. The number of hydrogen-bond donors (Lipinski definition) is 1. The first-order valence-corrected chi connectivity index (χ1v) is 8.63. The van der Waals surface area contributed by atoms with E-state index in [0.29, 0.717) is 12.1 Å². The van der Waals surface area contributed by atoms with Crippen LogP contribution in [0.1, 0.15) is 56.1 Å². The fourth-order valence-electron chi connectivity index (χ4n) is 3.81. The molecule has 3 rings (SSSR count). The standard InChI is InChI=1S/C19H22F3N2/c1-12(13-2-3-13)24-17-8-9-18(15(10-17)11-23)14-4-6-16(7-5-14)19(20,21)22/h4-6,12-13,15,17-18,24H,2-3,8-10H2,1H3. The van der Waals surface area contributed by atoms with Gasteiger partial charge in [0.2, 0.25) is 0 Å². The van der Waals surface area contributed by atoms with Crippen LogP contribution in [0.15, 0.2) is 18.2 Å². The summed E-state index contributed by atoms with van der Waals surface area (Å²) in [7, 11) is 0. The Bertz CT molecular complexity index is 599. The van der Waals surface area contributed by atoms with E-state index in [0.717, 1.165) is 36.8 Å². The second kappa shape index (κ2) is 6.76. The van der Waals surface area contributed by atoms with Gasteiger partial charge in [0.15, 0.2) is 0 Å². The number of halogens is 3. The van der Waals surface area contributed by atoms with Crippen molar-refractivity contribution < 1.29 is 13.2 Å². The van der Waals surface area contributed by atoms with Crippen LogP contribution in [0, 0.1) is 29.2 Å². The maximum absolute atomic E-state index is 12.7. The van der Waals surface area contributed by atoms with E-state index in [9.17, 15) is 18.4 Å². The normalized spacial score (nSPS) is 29.0. The van der Waals surface area contributed by atoms with E-state index in [1.54, 1.807) is 0 Å². The number of alkyl halides is 3. The van der Waals surface area contributed by atoms with Crippen molar-refractivity contribution in [3.05, 3.63) is 35.4 Å². The zero-order valence-corrected chi connectivity index (χ0v) is 13.7. The van der Waals surface area contributed by atoms with Crippen LogP contribution in [-0.2, 0) is 6.18 Å². The van der Waals surface area contributed by atoms with E-state index >= 15 is 0 Å². The Kier molecular flexibility index (Phi) is 4.87. The molecule has 0 spiro atoms. The lowest BCUT2D eigenvalue weighted by molar-refractivity contribution is -0.137. The zero-order chi connectivity index (χ0) is 17.3. The monoisotopic (exact) mass is 335 g/mol. The molecule has 2 aliphatic carbocycles. The summed E-state index contributed by atoms with van der Waals surface area (Å²) in [6.07, 6.45) is 0.750. The van der Waals surface area contributed by atoms with Gasteiger partial charge < -0.3 is 5.32 Å². The van der Waals surface area contributed by atoms with Crippen molar-refractivity contribution in [2.75, 3.05) is 0 Å². The predicted molar refractivity (Wildman–Crippen MR) is 85.1 cm³/mol. The van der Waals surface area contributed by atoms with Crippen LogP contribution in [0.2, 0.25) is 0 Å². The van der Waals surface area contributed by atoms with E-state index in [1.807, 2.05) is 0 Å². The van der Waals surface area contributed by atoms with E-state index in [-0.39, 0.29) is 11.8 Å². The first-order chi connectivity index (χ1) is 11.4. The van der Waals surface area contributed by atoms with E-state index < -0.39 is 11.7 Å². The maximum Gasteiger partial charge on any atom is 0.417 e. The quantitative estimate of drug-likeness (QED) is 0.868. The summed E-state index contributed by atoms with van der Waals surface area (Å²) in [6, 6.07) is 9.53. The van der Waals surface area contributed by atoms with Crippen molar-refractivity contribution in [2.45, 2.75) is 63.2 Å². The maximum atomic E-state index is 12.7. The molecule has 2 saturated carbocycles. The zero-order valence-electron chi connectivity index (χ0n) is 13.7. The Labute approximate surface area is 141 Å². The number of nitriles is 1. The molecule has 2 aliphatic rings. The molecule has 5 heteroatoms. The molecule has 1 aromatic carbocycles. The summed E-state index contributed by atoms with van der Waals surface area (Å²) in [4.78, 5) is 0. The SMILES string of the molecule is CC(NC1CCC(c2c[c]c(C(F)(F)F)cc2)C(C#N)C1)C1CC1. The van der Waals surface area contributed by atoms with Crippen molar-refractivity contribution in [3.8, 4) is 6.07 Å². The molecule has 2 fully saturated rings. The third-order valence-corrected chi connectivity index (χ3v) is 5.41. The van der Waals surface area contributed by atoms with Gasteiger partial charge in [-0.05, 0) is 68.6 Å². The van der Waals surface area contributed by atoms with Gasteiger partial charge in [-0.3, -0.25) is 0 Å². The summed E-state index contributed by atoms with van der Waals surface area (Å²) >= 11 is 0. The largest absolute Gasteiger partial charge is 0.417 e. The average molecular weight is 335 g/mol. The predicted octanol–water partition coefficient (Wildman–Crippen LogP) is 4.67. The van der Waals surface area contributed by atoms with Gasteiger partial charge in [-0.15, -0.1) is 0 Å². The van der Waals surface area contributed by atoms with Gasteiger partial charge in [-0.1, -0.05) is 12.1 Å². The lowest BCUT2D eigenvalue weighted by atomic mass is 9.74. The molecular weight excluding hydrogens is 313 g/mol. The molecule has 0 bridgehead atoms. The topological polar surface area (TPSA) is 35.8 Å². The third kappa shape index (κ3) is 3.92. The molecular formula is C19H22F3N2. The Balaban J connectivity index is 1.65. The minimum Gasteiger partial charge on any atom is -0.311 e. The highest BCUT2D eigenvalue weighted by atomic mass is 19.4. The molecule has 4 atom stereocenters. The fourth-order valence-corrected chi connectivity index (χ4v) is 3.81. The Morgan fingerprint density at radius 3 is 2.54 bits per heavy atom. The summed E-state index contributed by atoms with van der Waals surface area (Å²) in [5, 5.41) is 13.2. The first kappa shape index (κ1) is 17.3. The highest BCUT2D eigenvalue weighted by molar-refractivity contribution is 5.28. The highest BCUT2D eigenvalue weighted by Crippen LogP contribution is 2.40. The van der Waals surface area contributed by atoms with Crippen molar-refractivity contribution >= 4 is 0 Å². The Hall–Kier alpha value is -1.54. The van der Waals surface area contributed by atoms with Crippen molar-refractivity contribution in [3.63, 3.8) is 0 Å². The molecule has 1 N–H and O–H groups in total. The first-order valence-electron chi connectivity index (χ1n) is 8.63. The van der Waals surface area contributed by atoms with Gasteiger partial charge in [0, 0.05) is 12.1 Å². The van der Waals surface area contributed by atoms with Crippen LogP contribution in [0.4, 0.5) is 13.2 Å². The van der Waals surface area contributed by atoms with Crippen LogP contribution < -0.4 is 5.32 Å². The second-order valence-corrected chi connectivity index (χ2v) is 7.18. The van der Waals surface area contributed by atoms with E-state index in [1.165, 1.54) is 25.0 Å². The molecule has 0 amide bonds. The van der Waals surface area contributed by atoms with E-state index in [2.05, 4.69) is 24.4 Å². The summed E-state index contributed by atoms with van der Waals surface area (Å²) in [6.45, 7) is 2.20. The van der Waals surface area contributed by atoms with Crippen molar-refractivity contribution in [1.82, 2.24) is 5.32 Å². The van der Waals surface area contributed by atoms with Crippen LogP contribution >= 0.6 is 0 Å². The van der Waals surface area contributed by atoms with Crippen molar-refractivity contribution in [1.29, 1.82) is 5.26 Å². The highest BCUT2D eigenvalue weighted by Gasteiger charge is 2.36. The van der Waals surface area contributed by atoms with Gasteiger partial charge in [-0.2, -0.15) is 18.4 Å². The number of benzene rings is 1. The summed E-state index contributed by atoms with van der Waals surface area (Å²) in [5.41, 5.74) is 0.0385. The van der Waals surface area contributed by atoms with Gasteiger partial charge in [0.05, 0.1) is 17.6 Å². The van der Waals surface area contributed by atoms with Gasteiger partial charge in [-0.25, -0.2) is 0 Å². The number of hydrogen-bond acceptors (Lipinski definition) is 2. The van der Waals surface area contributed by atoms with Gasteiger partial charge in [0.25, 0.3) is 0 Å². The minimum atomic E-state index is -4.37. The molecule has 2 nitrogen and oxygen atoms in total. The lowest BCUT2D eigenvalue weighted by Crippen LogP contribution is -2.42. The van der Waals surface area contributed by atoms with E-state index in [4.69, 9.17) is 0 Å². The lowest BCUT2D eigenvalue weighted by Gasteiger charge is -2.35. The molecule has 129 valence electrons. The van der Waals surface area contributed by atoms with Crippen LogP contribution in [-0.4, -0.2) is 12.1 Å². The van der Waals surface area contributed by atoms with Crippen molar-refractivity contribution in [2.24, 2.45) is 11.8 Å². The molecule has 1 radical (unpaired) electrons. The molecule has 0 aliphatic heterocycles. The smallest absolute Gasteiger partial charge is 0.311 e. The average Bonchev–Trinajstić information content (AvgIpc) is 3.39.